The predicted octanol–water partition coefficient (Wildman–Crippen LogP) is 6.98. The van der Waals surface area contributed by atoms with E-state index in [0.29, 0.717) is 11.5 Å². The first-order valence-corrected chi connectivity index (χ1v) is 13.2. The fourth-order valence-corrected chi connectivity index (χ4v) is 4.96. The van der Waals surface area contributed by atoms with Crippen LogP contribution >= 0.6 is 0 Å². The molecule has 1 aliphatic rings. The average molecular weight is 463 g/mol. The number of aromatic hydroxyl groups is 2. The van der Waals surface area contributed by atoms with Gasteiger partial charge in [-0.05, 0) is 85.8 Å². The molecule has 184 valence electrons. The zero-order chi connectivity index (χ0) is 24.5. The monoisotopic (exact) mass is 462 g/mol. The van der Waals surface area contributed by atoms with Crippen molar-refractivity contribution < 1.29 is 10.2 Å². The SMILES string of the molecule is CCCc1cc(C=NC2CCCC(N=Cc3cc(CCC)cc(CC)c3O)C2)c(O)c(CC)c1. The second-order valence-electron chi connectivity index (χ2n) is 9.62. The first-order chi connectivity index (χ1) is 16.5. The molecule has 0 heterocycles. The summed E-state index contributed by atoms with van der Waals surface area (Å²) >= 11 is 0. The van der Waals surface area contributed by atoms with E-state index in [9.17, 15) is 10.2 Å². The van der Waals surface area contributed by atoms with Crippen molar-refractivity contribution in [2.75, 3.05) is 0 Å². The highest BCUT2D eigenvalue weighted by molar-refractivity contribution is 5.85. The Morgan fingerprint density at radius 3 is 1.56 bits per heavy atom. The van der Waals surface area contributed by atoms with E-state index in [0.717, 1.165) is 86.5 Å². The van der Waals surface area contributed by atoms with Crippen LogP contribution in [0.5, 0.6) is 11.5 Å². The van der Waals surface area contributed by atoms with Gasteiger partial charge < -0.3 is 10.2 Å². The lowest BCUT2D eigenvalue weighted by Gasteiger charge is -2.24. The number of nitrogens with zero attached hydrogens (tertiary/aromatic N) is 2. The summed E-state index contributed by atoms with van der Waals surface area (Å²) in [5.41, 5.74) is 6.18. The van der Waals surface area contributed by atoms with Crippen LogP contribution in [0.2, 0.25) is 0 Å². The molecule has 2 aromatic carbocycles. The molecule has 34 heavy (non-hydrogen) atoms. The van der Waals surface area contributed by atoms with Crippen molar-refractivity contribution in [3.05, 3.63) is 57.6 Å². The molecule has 2 N–H and O–H groups in total. The second-order valence-corrected chi connectivity index (χ2v) is 9.62. The van der Waals surface area contributed by atoms with Crippen molar-refractivity contribution in [3.63, 3.8) is 0 Å². The molecular weight excluding hydrogens is 420 g/mol. The van der Waals surface area contributed by atoms with E-state index < -0.39 is 0 Å². The minimum absolute atomic E-state index is 0.210. The number of rotatable bonds is 10. The van der Waals surface area contributed by atoms with E-state index in [4.69, 9.17) is 9.98 Å². The molecule has 0 radical (unpaired) electrons. The summed E-state index contributed by atoms with van der Waals surface area (Å²) in [5.74, 6) is 0.733. The Balaban J connectivity index is 1.73. The van der Waals surface area contributed by atoms with Crippen LogP contribution in [0.1, 0.15) is 99.6 Å². The minimum Gasteiger partial charge on any atom is -0.507 e. The van der Waals surface area contributed by atoms with Crippen LogP contribution in [0.3, 0.4) is 0 Å². The first-order valence-electron chi connectivity index (χ1n) is 13.2. The fourth-order valence-electron chi connectivity index (χ4n) is 4.96. The smallest absolute Gasteiger partial charge is 0.127 e. The van der Waals surface area contributed by atoms with Crippen molar-refractivity contribution in [2.24, 2.45) is 9.98 Å². The molecule has 0 spiro atoms. The van der Waals surface area contributed by atoms with Gasteiger partial charge in [0.15, 0.2) is 0 Å². The molecule has 0 amide bonds. The Kier molecular flexibility index (Phi) is 9.74. The van der Waals surface area contributed by atoms with Gasteiger partial charge >= 0.3 is 0 Å². The second kappa shape index (κ2) is 12.7. The molecule has 0 saturated heterocycles. The van der Waals surface area contributed by atoms with Gasteiger partial charge in [0.05, 0.1) is 12.1 Å². The molecule has 1 saturated carbocycles. The van der Waals surface area contributed by atoms with Gasteiger partial charge in [0.1, 0.15) is 11.5 Å². The van der Waals surface area contributed by atoms with Crippen molar-refractivity contribution in [2.45, 2.75) is 104 Å². The predicted molar refractivity (Wildman–Crippen MR) is 144 cm³/mol. The Morgan fingerprint density at radius 1 is 0.735 bits per heavy atom. The molecule has 2 aromatic rings. The average Bonchev–Trinajstić information content (AvgIpc) is 2.84. The largest absolute Gasteiger partial charge is 0.507 e. The third-order valence-electron chi connectivity index (χ3n) is 6.86. The van der Waals surface area contributed by atoms with Gasteiger partial charge in [-0.25, -0.2) is 0 Å². The third-order valence-corrected chi connectivity index (χ3v) is 6.86. The number of hydrogen-bond acceptors (Lipinski definition) is 4. The summed E-state index contributed by atoms with van der Waals surface area (Å²) < 4.78 is 0. The summed E-state index contributed by atoms with van der Waals surface area (Å²) in [5, 5.41) is 21.3. The fraction of sp³-hybridized carbons (Fsp3) is 0.533. The van der Waals surface area contributed by atoms with Gasteiger partial charge in [0.25, 0.3) is 0 Å². The summed E-state index contributed by atoms with van der Waals surface area (Å²) in [6, 6.07) is 8.82. The molecule has 4 nitrogen and oxygen atoms in total. The van der Waals surface area contributed by atoms with Gasteiger partial charge in [-0.3, -0.25) is 9.98 Å². The summed E-state index contributed by atoms with van der Waals surface area (Å²) in [4.78, 5) is 9.74. The molecule has 2 unspecified atom stereocenters. The lowest BCUT2D eigenvalue weighted by molar-refractivity contribution is 0.397. The zero-order valence-corrected chi connectivity index (χ0v) is 21.5. The van der Waals surface area contributed by atoms with Crippen molar-refractivity contribution in [1.82, 2.24) is 0 Å². The molecule has 2 atom stereocenters. The standard InChI is InChI=1S/C30H42N2O2/c1-5-10-21-14-23(7-3)29(33)25(16-21)19-31-27-12-9-13-28(18-27)32-20-26-17-22(11-6-2)15-24(8-4)30(26)34/h14-17,19-20,27-28,33-34H,5-13,18H2,1-4H3. The van der Waals surface area contributed by atoms with E-state index in [2.05, 4.69) is 52.0 Å². The Bertz CT molecular complexity index is 930. The lowest BCUT2D eigenvalue weighted by Crippen LogP contribution is -2.21. The van der Waals surface area contributed by atoms with Crippen molar-refractivity contribution >= 4 is 12.4 Å². The van der Waals surface area contributed by atoms with Gasteiger partial charge in [0, 0.05) is 23.6 Å². The Labute approximate surface area is 205 Å². The Morgan fingerprint density at radius 2 is 1.18 bits per heavy atom. The van der Waals surface area contributed by atoms with Crippen LogP contribution in [-0.2, 0) is 25.7 Å². The quantitative estimate of drug-likeness (QED) is 0.374. The van der Waals surface area contributed by atoms with Crippen LogP contribution in [-0.4, -0.2) is 34.7 Å². The van der Waals surface area contributed by atoms with Crippen molar-refractivity contribution in [1.29, 1.82) is 0 Å². The maximum absolute atomic E-state index is 10.7. The minimum atomic E-state index is 0.210. The Hall–Kier alpha value is -2.62. The molecule has 4 heteroatoms. The van der Waals surface area contributed by atoms with Crippen LogP contribution in [0.25, 0.3) is 0 Å². The summed E-state index contributed by atoms with van der Waals surface area (Å²) in [6.07, 6.45) is 13.7. The molecule has 0 aromatic heterocycles. The molecule has 1 fully saturated rings. The third kappa shape index (κ3) is 6.71. The molecule has 3 rings (SSSR count). The topological polar surface area (TPSA) is 65.2 Å². The molecule has 1 aliphatic carbocycles. The van der Waals surface area contributed by atoms with E-state index >= 15 is 0 Å². The molecular formula is C30H42N2O2. The molecule has 0 bridgehead atoms. The van der Waals surface area contributed by atoms with Gasteiger partial charge in [-0.1, -0.05) is 52.7 Å². The van der Waals surface area contributed by atoms with E-state index in [1.165, 1.54) is 11.1 Å². The van der Waals surface area contributed by atoms with Crippen LogP contribution in [0.15, 0.2) is 34.3 Å². The maximum atomic E-state index is 10.7. The normalized spacial score (nSPS) is 18.8. The van der Waals surface area contributed by atoms with Crippen molar-refractivity contribution in [3.8, 4) is 11.5 Å². The number of aliphatic imine (C=N–C) groups is 2. The number of hydrogen-bond donors (Lipinski definition) is 2. The highest BCUT2D eigenvalue weighted by Gasteiger charge is 2.21. The number of phenols is 2. The van der Waals surface area contributed by atoms with Gasteiger partial charge in [-0.15, -0.1) is 0 Å². The zero-order valence-electron chi connectivity index (χ0n) is 21.5. The highest BCUT2D eigenvalue weighted by Crippen LogP contribution is 2.28. The van der Waals surface area contributed by atoms with Crippen LogP contribution in [0.4, 0.5) is 0 Å². The maximum Gasteiger partial charge on any atom is 0.127 e. The highest BCUT2D eigenvalue weighted by atomic mass is 16.3. The summed E-state index contributed by atoms with van der Waals surface area (Å²) in [6.45, 7) is 8.51. The molecule has 0 aliphatic heterocycles. The van der Waals surface area contributed by atoms with E-state index in [-0.39, 0.29) is 12.1 Å². The first kappa shape index (κ1) is 26.0. The van der Waals surface area contributed by atoms with E-state index in [1.807, 2.05) is 12.4 Å². The number of aryl methyl sites for hydroxylation is 4. The number of benzene rings is 2. The van der Waals surface area contributed by atoms with Crippen LogP contribution < -0.4 is 0 Å². The van der Waals surface area contributed by atoms with Gasteiger partial charge in [0.2, 0.25) is 0 Å². The van der Waals surface area contributed by atoms with Crippen LogP contribution in [0, 0.1) is 0 Å². The lowest BCUT2D eigenvalue weighted by atomic mass is 9.91. The summed E-state index contributed by atoms with van der Waals surface area (Å²) in [7, 11) is 0. The van der Waals surface area contributed by atoms with E-state index in [1.54, 1.807) is 0 Å². The van der Waals surface area contributed by atoms with Gasteiger partial charge in [-0.2, -0.15) is 0 Å². The number of phenolic OH excluding ortho intramolecular Hbond substituents is 2.